The highest BCUT2D eigenvalue weighted by Crippen LogP contribution is 2.36. The lowest BCUT2D eigenvalue weighted by Crippen LogP contribution is -2.31. The quantitative estimate of drug-likeness (QED) is 0.846. The van der Waals surface area contributed by atoms with Crippen molar-refractivity contribution in [3.05, 3.63) is 28.8 Å². The average Bonchev–Trinajstić information content (AvgIpc) is 2.30. The van der Waals surface area contributed by atoms with Crippen LogP contribution in [0.15, 0.2) is 18.2 Å². The first-order valence-corrected chi connectivity index (χ1v) is 6.84. The molecule has 1 saturated carbocycles. The topological polar surface area (TPSA) is 35.8 Å². The van der Waals surface area contributed by atoms with Crippen LogP contribution < -0.4 is 5.32 Å². The van der Waals surface area contributed by atoms with E-state index in [0.29, 0.717) is 22.0 Å². The largest absolute Gasteiger partial charge is 0.381 e. The molecule has 96 valence electrons. The molecule has 1 aliphatic rings. The second-order valence-electron chi connectivity index (χ2n) is 5.90. The van der Waals surface area contributed by atoms with E-state index in [9.17, 15) is 0 Å². The summed E-state index contributed by atoms with van der Waals surface area (Å²) in [6, 6.07) is 8.12. The van der Waals surface area contributed by atoms with Crippen LogP contribution >= 0.6 is 11.6 Å². The molecule has 3 heteroatoms. The monoisotopic (exact) mass is 262 g/mol. The van der Waals surface area contributed by atoms with Crippen molar-refractivity contribution in [2.75, 3.05) is 5.32 Å². The maximum atomic E-state index is 9.13. The summed E-state index contributed by atoms with van der Waals surface area (Å²) >= 11 is 5.90. The second kappa shape index (κ2) is 5.20. The summed E-state index contributed by atoms with van der Waals surface area (Å²) in [6.45, 7) is 4.63. The summed E-state index contributed by atoms with van der Waals surface area (Å²) in [5.41, 5.74) is 1.94. The van der Waals surface area contributed by atoms with E-state index in [1.807, 2.05) is 12.1 Å². The third kappa shape index (κ3) is 3.17. The minimum atomic E-state index is 0.398. The SMILES string of the molecule is CC1(C)CCCC(Nc2ccc(Cl)cc2C#N)C1. The summed E-state index contributed by atoms with van der Waals surface area (Å²) < 4.78 is 0. The minimum absolute atomic E-state index is 0.398. The Morgan fingerprint density at radius 2 is 2.22 bits per heavy atom. The normalized spacial score (nSPS) is 22.2. The van der Waals surface area contributed by atoms with Crippen LogP contribution in [0.2, 0.25) is 5.02 Å². The zero-order valence-corrected chi connectivity index (χ0v) is 11.7. The highest BCUT2D eigenvalue weighted by molar-refractivity contribution is 6.30. The summed E-state index contributed by atoms with van der Waals surface area (Å²) in [7, 11) is 0. The number of rotatable bonds is 2. The van der Waals surface area contributed by atoms with Crippen LogP contribution in [0.1, 0.15) is 45.1 Å². The number of halogens is 1. The number of nitrogens with zero attached hydrogens (tertiary/aromatic N) is 1. The van der Waals surface area contributed by atoms with Gasteiger partial charge in [0, 0.05) is 11.1 Å². The number of nitrogens with one attached hydrogen (secondary N) is 1. The Morgan fingerprint density at radius 1 is 1.44 bits per heavy atom. The van der Waals surface area contributed by atoms with E-state index in [0.717, 1.165) is 12.1 Å². The molecule has 1 atom stereocenters. The summed E-state index contributed by atoms with van der Waals surface area (Å²) in [6.07, 6.45) is 4.87. The van der Waals surface area contributed by atoms with Crippen molar-refractivity contribution in [3.63, 3.8) is 0 Å². The number of hydrogen-bond acceptors (Lipinski definition) is 2. The highest BCUT2D eigenvalue weighted by atomic mass is 35.5. The molecule has 2 nitrogen and oxygen atoms in total. The van der Waals surface area contributed by atoms with Gasteiger partial charge < -0.3 is 5.32 Å². The van der Waals surface area contributed by atoms with E-state index in [1.165, 1.54) is 19.3 Å². The fourth-order valence-corrected chi connectivity index (χ4v) is 2.95. The Morgan fingerprint density at radius 3 is 2.89 bits per heavy atom. The molecule has 0 spiro atoms. The van der Waals surface area contributed by atoms with Gasteiger partial charge in [-0.05, 0) is 42.9 Å². The Labute approximate surface area is 114 Å². The third-order valence-corrected chi connectivity index (χ3v) is 3.90. The predicted octanol–water partition coefficient (Wildman–Crippen LogP) is 4.59. The van der Waals surface area contributed by atoms with Gasteiger partial charge in [-0.15, -0.1) is 0 Å². The molecule has 1 N–H and O–H groups in total. The lowest BCUT2D eigenvalue weighted by atomic mass is 9.75. The van der Waals surface area contributed by atoms with Crippen molar-refractivity contribution in [1.29, 1.82) is 5.26 Å². The molecular formula is C15H19ClN2. The van der Waals surface area contributed by atoms with Gasteiger partial charge in [-0.3, -0.25) is 0 Å². The zero-order chi connectivity index (χ0) is 13.2. The molecule has 1 aromatic carbocycles. The van der Waals surface area contributed by atoms with Gasteiger partial charge in [-0.25, -0.2) is 0 Å². The molecule has 0 aromatic heterocycles. The fourth-order valence-electron chi connectivity index (χ4n) is 2.78. The molecule has 1 fully saturated rings. The maximum Gasteiger partial charge on any atom is 0.101 e. The molecular weight excluding hydrogens is 244 g/mol. The van der Waals surface area contributed by atoms with Crippen LogP contribution in [0.4, 0.5) is 5.69 Å². The van der Waals surface area contributed by atoms with Gasteiger partial charge in [-0.1, -0.05) is 31.9 Å². The molecule has 0 aliphatic heterocycles. The van der Waals surface area contributed by atoms with E-state index < -0.39 is 0 Å². The van der Waals surface area contributed by atoms with E-state index >= 15 is 0 Å². The minimum Gasteiger partial charge on any atom is -0.381 e. The first kappa shape index (κ1) is 13.2. The Bertz CT molecular complexity index is 474. The van der Waals surface area contributed by atoms with Crippen molar-refractivity contribution in [2.24, 2.45) is 5.41 Å². The van der Waals surface area contributed by atoms with Gasteiger partial charge >= 0.3 is 0 Å². The maximum absolute atomic E-state index is 9.13. The summed E-state index contributed by atoms with van der Waals surface area (Å²) in [5, 5.41) is 13.2. The standard InChI is InChI=1S/C15H19ClN2/c1-15(2)7-3-4-13(9-15)18-14-6-5-12(16)8-11(14)10-17/h5-6,8,13,18H,3-4,7,9H2,1-2H3. The van der Waals surface area contributed by atoms with Crippen LogP contribution in [-0.2, 0) is 0 Å². The predicted molar refractivity (Wildman–Crippen MR) is 75.8 cm³/mol. The summed E-state index contributed by atoms with van der Waals surface area (Å²) in [5.74, 6) is 0. The van der Waals surface area contributed by atoms with Crippen LogP contribution in [0, 0.1) is 16.7 Å². The van der Waals surface area contributed by atoms with Crippen LogP contribution in [0.5, 0.6) is 0 Å². The molecule has 0 bridgehead atoms. The first-order valence-electron chi connectivity index (χ1n) is 6.46. The molecule has 0 saturated heterocycles. The molecule has 1 aromatic rings. The molecule has 2 rings (SSSR count). The van der Waals surface area contributed by atoms with Crippen molar-refractivity contribution in [3.8, 4) is 6.07 Å². The van der Waals surface area contributed by atoms with Crippen LogP contribution in [0.3, 0.4) is 0 Å². The molecule has 1 unspecified atom stereocenters. The van der Waals surface area contributed by atoms with Crippen LogP contribution in [0.25, 0.3) is 0 Å². The number of benzene rings is 1. The van der Waals surface area contributed by atoms with E-state index in [2.05, 4.69) is 25.2 Å². The Balaban J connectivity index is 2.12. The van der Waals surface area contributed by atoms with Crippen molar-refractivity contribution in [1.82, 2.24) is 0 Å². The second-order valence-corrected chi connectivity index (χ2v) is 6.34. The molecule has 0 amide bonds. The third-order valence-electron chi connectivity index (χ3n) is 3.67. The lowest BCUT2D eigenvalue weighted by Gasteiger charge is -2.36. The Kier molecular flexibility index (Phi) is 3.82. The smallest absolute Gasteiger partial charge is 0.101 e. The first-order chi connectivity index (χ1) is 8.50. The van der Waals surface area contributed by atoms with Crippen molar-refractivity contribution < 1.29 is 0 Å². The molecule has 0 radical (unpaired) electrons. The van der Waals surface area contributed by atoms with Crippen molar-refractivity contribution >= 4 is 17.3 Å². The fraction of sp³-hybridized carbons (Fsp3) is 0.533. The number of nitriles is 1. The van der Waals surface area contributed by atoms with E-state index in [4.69, 9.17) is 16.9 Å². The highest BCUT2D eigenvalue weighted by Gasteiger charge is 2.28. The van der Waals surface area contributed by atoms with Crippen molar-refractivity contribution in [2.45, 2.75) is 45.6 Å². The molecule has 18 heavy (non-hydrogen) atoms. The van der Waals surface area contributed by atoms with Crippen LogP contribution in [-0.4, -0.2) is 6.04 Å². The van der Waals surface area contributed by atoms with Gasteiger partial charge in [0.25, 0.3) is 0 Å². The van der Waals surface area contributed by atoms with Gasteiger partial charge in [0.1, 0.15) is 6.07 Å². The molecule has 1 aliphatic carbocycles. The zero-order valence-electron chi connectivity index (χ0n) is 11.0. The Hall–Kier alpha value is -1.20. The van der Waals surface area contributed by atoms with Gasteiger partial charge in [0.2, 0.25) is 0 Å². The van der Waals surface area contributed by atoms with Gasteiger partial charge in [0.05, 0.1) is 11.3 Å². The number of hydrogen-bond donors (Lipinski definition) is 1. The average molecular weight is 263 g/mol. The van der Waals surface area contributed by atoms with Gasteiger partial charge in [0.15, 0.2) is 0 Å². The van der Waals surface area contributed by atoms with E-state index in [-0.39, 0.29) is 0 Å². The number of anilines is 1. The summed E-state index contributed by atoms with van der Waals surface area (Å²) in [4.78, 5) is 0. The lowest BCUT2D eigenvalue weighted by molar-refractivity contribution is 0.229. The van der Waals surface area contributed by atoms with Gasteiger partial charge in [-0.2, -0.15) is 5.26 Å². The van der Waals surface area contributed by atoms with E-state index in [1.54, 1.807) is 6.07 Å². The molecule has 0 heterocycles.